The van der Waals surface area contributed by atoms with Gasteiger partial charge in [0.1, 0.15) is 5.82 Å². The van der Waals surface area contributed by atoms with Crippen LogP contribution in [-0.2, 0) is 17.8 Å². The largest absolute Gasteiger partial charge is 0.378 e. The van der Waals surface area contributed by atoms with Crippen LogP contribution in [0.1, 0.15) is 34.6 Å². The van der Waals surface area contributed by atoms with E-state index in [1.165, 1.54) is 12.1 Å². The van der Waals surface area contributed by atoms with E-state index in [4.69, 9.17) is 9.72 Å². The summed E-state index contributed by atoms with van der Waals surface area (Å²) in [7, 11) is 1.60. The molecular formula is C18H16FN3O2. The molecule has 0 fully saturated rings. The summed E-state index contributed by atoms with van der Waals surface area (Å²) >= 11 is 0. The summed E-state index contributed by atoms with van der Waals surface area (Å²) in [5, 5.41) is 4.53. The van der Waals surface area contributed by atoms with Crippen LogP contribution in [0.2, 0.25) is 0 Å². The summed E-state index contributed by atoms with van der Waals surface area (Å²) in [6.07, 6.45) is 3.91. The molecule has 24 heavy (non-hydrogen) atoms. The zero-order chi connectivity index (χ0) is 16.7. The number of fused-ring (bicyclic) bond motifs is 2. The lowest BCUT2D eigenvalue weighted by Gasteiger charge is -2.13. The van der Waals surface area contributed by atoms with Crippen LogP contribution in [0.3, 0.4) is 0 Å². The number of benzene rings is 1. The van der Waals surface area contributed by atoms with E-state index >= 15 is 0 Å². The molecule has 1 aliphatic rings. The molecule has 0 atom stereocenters. The van der Waals surface area contributed by atoms with Crippen molar-refractivity contribution in [3.8, 4) is 11.1 Å². The third kappa shape index (κ3) is 2.39. The first-order valence-corrected chi connectivity index (χ1v) is 7.86. The molecule has 0 unspecified atom stereocenters. The van der Waals surface area contributed by atoms with E-state index < -0.39 is 0 Å². The van der Waals surface area contributed by atoms with Crippen molar-refractivity contribution < 1.29 is 13.9 Å². The fourth-order valence-corrected chi connectivity index (χ4v) is 3.18. The van der Waals surface area contributed by atoms with Crippen LogP contribution >= 0.6 is 0 Å². The van der Waals surface area contributed by atoms with Gasteiger partial charge in [-0.05, 0) is 30.5 Å². The van der Waals surface area contributed by atoms with Gasteiger partial charge in [0.2, 0.25) is 0 Å². The third-order valence-corrected chi connectivity index (χ3v) is 4.29. The molecule has 122 valence electrons. The first-order chi connectivity index (χ1) is 11.7. The van der Waals surface area contributed by atoms with Gasteiger partial charge in [-0.2, -0.15) is 5.10 Å². The highest BCUT2D eigenvalue weighted by atomic mass is 19.1. The van der Waals surface area contributed by atoms with Crippen molar-refractivity contribution in [2.75, 3.05) is 7.11 Å². The minimum absolute atomic E-state index is 0.109. The van der Waals surface area contributed by atoms with Crippen molar-refractivity contribution in [1.82, 2.24) is 14.6 Å². The fraction of sp³-hybridized carbons (Fsp3) is 0.278. The second-order valence-corrected chi connectivity index (χ2v) is 5.91. The Balaban J connectivity index is 1.97. The van der Waals surface area contributed by atoms with E-state index in [-0.39, 0.29) is 11.6 Å². The van der Waals surface area contributed by atoms with Crippen LogP contribution in [0.25, 0.3) is 16.8 Å². The molecule has 4 rings (SSSR count). The quantitative estimate of drug-likeness (QED) is 0.742. The number of carbonyl (C=O) groups excluding carboxylic acids is 1. The van der Waals surface area contributed by atoms with E-state index in [1.54, 1.807) is 30.0 Å². The standard InChI is InChI=1S/C18H16FN3O2/c1-24-10-15-17(11-5-7-12(19)8-6-11)18-20-14-3-2-4-16(23)13(14)9-22(18)21-15/h5-9H,2-4,10H2,1H3. The number of methoxy groups -OCH3 is 1. The molecular weight excluding hydrogens is 309 g/mol. The van der Waals surface area contributed by atoms with Crippen molar-refractivity contribution >= 4 is 11.4 Å². The van der Waals surface area contributed by atoms with Gasteiger partial charge in [0, 0.05) is 19.7 Å². The SMILES string of the molecule is COCc1nn2cc3c(nc2c1-c1ccc(F)cc1)CCCC3=O. The highest BCUT2D eigenvalue weighted by Gasteiger charge is 2.23. The van der Waals surface area contributed by atoms with Gasteiger partial charge in [-0.25, -0.2) is 13.9 Å². The first kappa shape index (κ1) is 15.0. The van der Waals surface area contributed by atoms with Crippen LogP contribution in [0.5, 0.6) is 0 Å². The molecule has 1 aliphatic carbocycles. The average Bonchev–Trinajstić information content (AvgIpc) is 2.92. The zero-order valence-electron chi connectivity index (χ0n) is 13.3. The number of halogens is 1. The minimum Gasteiger partial charge on any atom is -0.378 e. The summed E-state index contributed by atoms with van der Waals surface area (Å²) in [4.78, 5) is 16.8. The smallest absolute Gasteiger partial charge is 0.166 e. The maximum absolute atomic E-state index is 13.3. The Labute approximate surface area is 138 Å². The molecule has 2 aromatic heterocycles. The lowest BCUT2D eigenvalue weighted by atomic mass is 9.96. The molecule has 0 amide bonds. The molecule has 0 saturated heterocycles. The zero-order valence-corrected chi connectivity index (χ0v) is 13.3. The molecule has 0 radical (unpaired) electrons. The van der Waals surface area contributed by atoms with Gasteiger partial charge in [0.05, 0.1) is 29.1 Å². The molecule has 0 saturated carbocycles. The normalized spacial score (nSPS) is 14.2. The second kappa shape index (κ2) is 5.79. The van der Waals surface area contributed by atoms with Crippen molar-refractivity contribution in [2.45, 2.75) is 25.9 Å². The van der Waals surface area contributed by atoms with Gasteiger partial charge in [0.15, 0.2) is 11.4 Å². The molecule has 0 spiro atoms. The van der Waals surface area contributed by atoms with Gasteiger partial charge in [-0.1, -0.05) is 12.1 Å². The molecule has 5 nitrogen and oxygen atoms in total. The van der Waals surface area contributed by atoms with Crippen molar-refractivity contribution in [3.05, 3.63) is 53.2 Å². The van der Waals surface area contributed by atoms with E-state index in [1.807, 2.05) is 0 Å². The molecule has 6 heteroatoms. The number of rotatable bonds is 3. The van der Waals surface area contributed by atoms with Crippen LogP contribution in [0.4, 0.5) is 4.39 Å². The lowest BCUT2D eigenvalue weighted by molar-refractivity contribution is 0.0971. The van der Waals surface area contributed by atoms with Crippen LogP contribution in [0.15, 0.2) is 30.5 Å². The highest BCUT2D eigenvalue weighted by Crippen LogP contribution is 2.30. The number of ketones is 1. The van der Waals surface area contributed by atoms with Crippen molar-refractivity contribution in [1.29, 1.82) is 0 Å². The van der Waals surface area contributed by atoms with Crippen LogP contribution < -0.4 is 0 Å². The third-order valence-electron chi connectivity index (χ3n) is 4.29. The van der Waals surface area contributed by atoms with E-state index in [0.29, 0.717) is 29.9 Å². The average molecular weight is 325 g/mol. The number of hydrogen-bond acceptors (Lipinski definition) is 4. The summed E-state index contributed by atoms with van der Waals surface area (Å²) in [5.41, 5.74) is 4.48. The van der Waals surface area contributed by atoms with Crippen LogP contribution in [-0.4, -0.2) is 27.5 Å². The topological polar surface area (TPSA) is 56.5 Å². The number of aryl methyl sites for hydroxylation is 1. The van der Waals surface area contributed by atoms with E-state index in [9.17, 15) is 9.18 Å². The van der Waals surface area contributed by atoms with Gasteiger partial charge < -0.3 is 4.74 Å². The number of carbonyl (C=O) groups is 1. The van der Waals surface area contributed by atoms with Gasteiger partial charge in [-0.15, -0.1) is 0 Å². The summed E-state index contributed by atoms with van der Waals surface area (Å²) in [6, 6.07) is 6.24. The lowest BCUT2D eigenvalue weighted by Crippen LogP contribution is -2.14. The molecule has 0 aliphatic heterocycles. The number of hydrogen-bond donors (Lipinski definition) is 0. The molecule has 0 bridgehead atoms. The molecule has 3 aromatic rings. The maximum atomic E-state index is 13.3. The molecule has 0 N–H and O–H groups in total. The predicted molar refractivity (Wildman–Crippen MR) is 86.4 cm³/mol. The van der Waals surface area contributed by atoms with Gasteiger partial charge >= 0.3 is 0 Å². The Morgan fingerprint density at radius 2 is 2.04 bits per heavy atom. The number of Topliss-reactive ketones (excluding diaryl/α,β-unsaturated/α-hetero) is 1. The summed E-state index contributed by atoms with van der Waals surface area (Å²) in [5.74, 6) is -0.183. The molecule has 2 heterocycles. The number of nitrogens with zero attached hydrogens (tertiary/aromatic N) is 3. The van der Waals surface area contributed by atoms with Gasteiger partial charge in [0.25, 0.3) is 0 Å². The fourth-order valence-electron chi connectivity index (χ4n) is 3.18. The molecule has 1 aromatic carbocycles. The predicted octanol–water partition coefficient (Wildman–Crippen LogP) is 3.20. The van der Waals surface area contributed by atoms with Crippen molar-refractivity contribution in [3.63, 3.8) is 0 Å². The Morgan fingerprint density at radius 3 is 2.79 bits per heavy atom. The van der Waals surface area contributed by atoms with Crippen LogP contribution in [0, 0.1) is 5.82 Å². The highest BCUT2D eigenvalue weighted by molar-refractivity contribution is 5.98. The second-order valence-electron chi connectivity index (χ2n) is 5.91. The number of aromatic nitrogens is 3. The van der Waals surface area contributed by atoms with Gasteiger partial charge in [-0.3, -0.25) is 4.79 Å². The maximum Gasteiger partial charge on any atom is 0.166 e. The summed E-state index contributed by atoms with van der Waals surface area (Å²) in [6.45, 7) is 0.314. The Morgan fingerprint density at radius 1 is 1.25 bits per heavy atom. The first-order valence-electron chi connectivity index (χ1n) is 7.86. The Hall–Kier alpha value is -2.60. The Kier molecular flexibility index (Phi) is 3.61. The monoisotopic (exact) mass is 325 g/mol. The van der Waals surface area contributed by atoms with E-state index in [0.717, 1.165) is 29.7 Å². The van der Waals surface area contributed by atoms with E-state index in [2.05, 4.69) is 5.10 Å². The van der Waals surface area contributed by atoms with Crippen molar-refractivity contribution in [2.24, 2.45) is 0 Å². The minimum atomic E-state index is -0.292. The number of ether oxygens (including phenoxy) is 1. The summed E-state index contributed by atoms with van der Waals surface area (Å²) < 4.78 is 20.1. The Bertz CT molecular complexity index is 932.